The van der Waals surface area contributed by atoms with E-state index in [1.807, 2.05) is 25.1 Å². The van der Waals surface area contributed by atoms with Crippen molar-refractivity contribution in [1.82, 2.24) is 15.2 Å². The highest BCUT2D eigenvalue weighted by molar-refractivity contribution is 5.94. The fraction of sp³-hybridized carbons (Fsp3) is 0.389. The van der Waals surface area contributed by atoms with Gasteiger partial charge in [0.2, 0.25) is 11.8 Å². The summed E-state index contributed by atoms with van der Waals surface area (Å²) in [6.45, 7) is 3.23. The van der Waals surface area contributed by atoms with E-state index >= 15 is 0 Å². The van der Waals surface area contributed by atoms with Gasteiger partial charge in [0, 0.05) is 18.7 Å². The Morgan fingerprint density at radius 2 is 2.12 bits per heavy atom. The number of rotatable bonds is 4. The zero-order chi connectivity index (χ0) is 16.9. The zero-order valence-electron chi connectivity index (χ0n) is 13.7. The lowest BCUT2D eigenvalue weighted by Gasteiger charge is -2.32. The van der Waals surface area contributed by atoms with Crippen molar-refractivity contribution in [1.29, 1.82) is 0 Å². The topological polar surface area (TPSA) is 75.4 Å². The van der Waals surface area contributed by atoms with Gasteiger partial charge in [0.1, 0.15) is 5.76 Å². The number of piperidine rings is 1. The predicted octanol–water partition coefficient (Wildman–Crippen LogP) is 2.15. The Labute approximate surface area is 140 Å². The molecule has 0 saturated carbocycles. The molecule has 1 N–H and O–H groups in total. The first-order chi connectivity index (χ1) is 11.6. The molecule has 1 aromatic carbocycles. The monoisotopic (exact) mass is 327 g/mol. The summed E-state index contributed by atoms with van der Waals surface area (Å²) in [6, 6.07) is 9.18. The summed E-state index contributed by atoms with van der Waals surface area (Å²) in [5, 5.41) is 2.85. The van der Waals surface area contributed by atoms with Crippen molar-refractivity contribution in [2.75, 3.05) is 13.1 Å². The van der Waals surface area contributed by atoms with E-state index in [2.05, 4.69) is 10.3 Å². The molecule has 24 heavy (non-hydrogen) atoms. The summed E-state index contributed by atoms with van der Waals surface area (Å²) < 4.78 is 5.35. The number of hydrogen-bond acceptors (Lipinski definition) is 4. The molecule has 0 bridgehead atoms. The summed E-state index contributed by atoms with van der Waals surface area (Å²) in [7, 11) is 0. The van der Waals surface area contributed by atoms with Crippen LogP contribution in [0.4, 0.5) is 0 Å². The molecule has 2 heterocycles. The SMILES string of the molecule is Cc1cnc(CNC(=O)[C@@H]2CCCN(C(=O)c3ccccc3)C2)o1. The second-order valence-electron chi connectivity index (χ2n) is 6.04. The third kappa shape index (κ3) is 3.82. The Hall–Kier alpha value is -2.63. The van der Waals surface area contributed by atoms with Gasteiger partial charge >= 0.3 is 0 Å². The molecular formula is C18H21N3O3. The van der Waals surface area contributed by atoms with Crippen LogP contribution in [0.3, 0.4) is 0 Å². The molecule has 1 aliphatic heterocycles. The van der Waals surface area contributed by atoms with Crippen molar-refractivity contribution < 1.29 is 14.0 Å². The van der Waals surface area contributed by atoms with Crippen molar-refractivity contribution in [2.45, 2.75) is 26.3 Å². The number of likely N-dealkylation sites (tertiary alicyclic amines) is 1. The van der Waals surface area contributed by atoms with Gasteiger partial charge in [-0.25, -0.2) is 4.98 Å². The second kappa shape index (κ2) is 7.29. The van der Waals surface area contributed by atoms with Gasteiger partial charge in [-0.1, -0.05) is 18.2 Å². The van der Waals surface area contributed by atoms with E-state index in [-0.39, 0.29) is 24.3 Å². The predicted molar refractivity (Wildman–Crippen MR) is 88.2 cm³/mol. The summed E-state index contributed by atoms with van der Waals surface area (Å²) in [6.07, 6.45) is 3.24. The number of carbonyl (C=O) groups is 2. The number of hydrogen-bond donors (Lipinski definition) is 1. The van der Waals surface area contributed by atoms with E-state index in [4.69, 9.17) is 4.42 Å². The lowest BCUT2D eigenvalue weighted by Crippen LogP contribution is -2.45. The van der Waals surface area contributed by atoms with Gasteiger partial charge in [0.05, 0.1) is 18.7 Å². The maximum atomic E-state index is 12.5. The molecule has 0 unspecified atom stereocenters. The lowest BCUT2D eigenvalue weighted by molar-refractivity contribution is -0.126. The first-order valence-electron chi connectivity index (χ1n) is 8.17. The number of benzene rings is 1. The normalized spacial score (nSPS) is 17.5. The minimum Gasteiger partial charge on any atom is -0.444 e. The quantitative estimate of drug-likeness (QED) is 0.933. The average molecular weight is 327 g/mol. The number of amides is 2. The van der Waals surface area contributed by atoms with Crippen LogP contribution in [0.25, 0.3) is 0 Å². The zero-order valence-corrected chi connectivity index (χ0v) is 13.7. The van der Waals surface area contributed by atoms with Crippen molar-refractivity contribution in [3.05, 3.63) is 53.7 Å². The average Bonchev–Trinajstić information content (AvgIpc) is 3.05. The fourth-order valence-electron chi connectivity index (χ4n) is 2.93. The van der Waals surface area contributed by atoms with E-state index in [0.29, 0.717) is 24.5 Å². The van der Waals surface area contributed by atoms with Gasteiger partial charge in [-0.05, 0) is 31.9 Å². The van der Waals surface area contributed by atoms with E-state index in [1.165, 1.54) is 0 Å². The first-order valence-corrected chi connectivity index (χ1v) is 8.17. The maximum Gasteiger partial charge on any atom is 0.253 e. The molecule has 1 saturated heterocycles. The largest absolute Gasteiger partial charge is 0.444 e. The molecule has 6 heteroatoms. The molecule has 3 rings (SSSR count). The number of carbonyl (C=O) groups excluding carboxylic acids is 2. The molecule has 2 amide bonds. The second-order valence-corrected chi connectivity index (χ2v) is 6.04. The number of aromatic nitrogens is 1. The van der Waals surface area contributed by atoms with Crippen LogP contribution in [0.1, 0.15) is 34.9 Å². The number of nitrogens with zero attached hydrogens (tertiary/aromatic N) is 2. The van der Waals surface area contributed by atoms with Gasteiger partial charge in [-0.3, -0.25) is 9.59 Å². The molecule has 0 aliphatic carbocycles. The van der Waals surface area contributed by atoms with Crippen LogP contribution in [0.2, 0.25) is 0 Å². The molecule has 0 spiro atoms. The molecular weight excluding hydrogens is 306 g/mol. The van der Waals surface area contributed by atoms with Crippen LogP contribution in [0, 0.1) is 12.8 Å². The van der Waals surface area contributed by atoms with E-state index in [0.717, 1.165) is 18.6 Å². The highest BCUT2D eigenvalue weighted by atomic mass is 16.4. The summed E-state index contributed by atoms with van der Waals surface area (Å²) >= 11 is 0. The number of nitrogens with one attached hydrogen (secondary N) is 1. The Balaban J connectivity index is 1.56. The van der Waals surface area contributed by atoms with E-state index in [1.54, 1.807) is 23.2 Å². The fourth-order valence-corrected chi connectivity index (χ4v) is 2.93. The van der Waals surface area contributed by atoms with Crippen LogP contribution in [0.5, 0.6) is 0 Å². The number of aryl methyl sites for hydroxylation is 1. The Bertz CT molecular complexity index is 711. The van der Waals surface area contributed by atoms with Crippen molar-refractivity contribution in [2.24, 2.45) is 5.92 Å². The van der Waals surface area contributed by atoms with Gasteiger partial charge in [-0.15, -0.1) is 0 Å². The van der Waals surface area contributed by atoms with Gasteiger partial charge in [0.25, 0.3) is 5.91 Å². The summed E-state index contributed by atoms with van der Waals surface area (Å²) in [5.41, 5.74) is 0.661. The molecule has 2 aromatic rings. The van der Waals surface area contributed by atoms with Gasteiger partial charge in [0.15, 0.2) is 0 Å². The van der Waals surface area contributed by atoms with Gasteiger partial charge in [-0.2, -0.15) is 0 Å². The molecule has 0 radical (unpaired) electrons. The van der Waals surface area contributed by atoms with E-state index < -0.39 is 0 Å². The third-order valence-electron chi connectivity index (χ3n) is 4.18. The summed E-state index contributed by atoms with van der Waals surface area (Å²) in [5.74, 6) is 0.945. The Morgan fingerprint density at radius 1 is 1.33 bits per heavy atom. The summed E-state index contributed by atoms with van der Waals surface area (Å²) in [4.78, 5) is 30.7. The molecule has 6 nitrogen and oxygen atoms in total. The van der Waals surface area contributed by atoms with Crippen molar-refractivity contribution >= 4 is 11.8 Å². The Morgan fingerprint density at radius 3 is 2.83 bits per heavy atom. The molecule has 1 aromatic heterocycles. The minimum absolute atomic E-state index is 0.0172. The highest BCUT2D eigenvalue weighted by Gasteiger charge is 2.28. The van der Waals surface area contributed by atoms with Crippen LogP contribution < -0.4 is 5.32 Å². The van der Waals surface area contributed by atoms with Gasteiger partial charge < -0.3 is 14.6 Å². The van der Waals surface area contributed by atoms with Crippen LogP contribution in [-0.4, -0.2) is 34.8 Å². The Kier molecular flexibility index (Phi) is 4.93. The molecule has 126 valence electrons. The van der Waals surface area contributed by atoms with Crippen molar-refractivity contribution in [3.63, 3.8) is 0 Å². The highest BCUT2D eigenvalue weighted by Crippen LogP contribution is 2.19. The maximum absolute atomic E-state index is 12.5. The molecule has 1 atom stereocenters. The van der Waals surface area contributed by atoms with Crippen molar-refractivity contribution in [3.8, 4) is 0 Å². The molecule has 1 fully saturated rings. The lowest BCUT2D eigenvalue weighted by atomic mass is 9.96. The molecule has 1 aliphatic rings. The third-order valence-corrected chi connectivity index (χ3v) is 4.18. The van der Waals surface area contributed by atoms with Crippen LogP contribution >= 0.6 is 0 Å². The van der Waals surface area contributed by atoms with Crippen LogP contribution in [0.15, 0.2) is 40.9 Å². The van der Waals surface area contributed by atoms with E-state index in [9.17, 15) is 9.59 Å². The smallest absolute Gasteiger partial charge is 0.253 e. The first kappa shape index (κ1) is 16.2. The standard InChI is InChI=1S/C18H21N3O3/c1-13-10-19-16(24-13)11-20-17(22)15-8-5-9-21(12-15)18(23)14-6-3-2-4-7-14/h2-4,6-7,10,15H,5,8-9,11-12H2,1H3,(H,20,22)/t15-/m1/s1. The van der Waals surface area contributed by atoms with Crippen LogP contribution in [-0.2, 0) is 11.3 Å². The minimum atomic E-state index is -0.192. The number of oxazole rings is 1.